The van der Waals surface area contributed by atoms with Crippen LogP contribution in [0.15, 0.2) is 24.3 Å². The molecule has 0 N–H and O–H groups in total. The van der Waals surface area contributed by atoms with Crippen LogP contribution in [0.25, 0.3) is 0 Å². The summed E-state index contributed by atoms with van der Waals surface area (Å²) in [5.41, 5.74) is 1.23. The average Bonchev–Trinajstić information content (AvgIpc) is 2.64. The molecule has 0 unspecified atom stereocenters. The van der Waals surface area contributed by atoms with Crippen molar-refractivity contribution >= 4 is 5.97 Å². The molecule has 0 aliphatic carbocycles. The Labute approximate surface area is 160 Å². The predicted octanol–water partition coefficient (Wildman–Crippen LogP) is 7.18. The van der Waals surface area contributed by atoms with Crippen molar-refractivity contribution in [1.82, 2.24) is 0 Å². The SMILES string of the molecule is CCCCCCCCCCCCCCCc1cccc(OOC(C)=O)c1. The zero-order valence-electron chi connectivity index (χ0n) is 16.9. The van der Waals surface area contributed by atoms with Gasteiger partial charge in [-0.1, -0.05) is 96.1 Å². The first kappa shape index (κ1) is 22.5. The summed E-state index contributed by atoms with van der Waals surface area (Å²) in [5, 5.41) is 0. The van der Waals surface area contributed by atoms with E-state index in [4.69, 9.17) is 4.89 Å². The zero-order valence-corrected chi connectivity index (χ0v) is 16.9. The van der Waals surface area contributed by atoms with Crippen LogP contribution in [-0.4, -0.2) is 5.97 Å². The molecule has 0 fully saturated rings. The van der Waals surface area contributed by atoms with Crippen molar-refractivity contribution in [1.29, 1.82) is 0 Å². The molecule has 0 atom stereocenters. The van der Waals surface area contributed by atoms with Gasteiger partial charge in [-0.15, -0.1) is 0 Å². The van der Waals surface area contributed by atoms with Crippen LogP contribution in [0.3, 0.4) is 0 Å². The van der Waals surface area contributed by atoms with Gasteiger partial charge in [-0.05, 0) is 30.5 Å². The van der Waals surface area contributed by atoms with E-state index in [2.05, 4.69) is 17.9 Å². The topological polar surface area (TPSA) is 35.5 Å². The molecule has 0 aromatic heterocycles. The van der Waals surface area contributed by atoms with E-state index in [1.807, 2.05) is 12.1 Å². The second-order valence-corrected chi connectivity index (χ2v) is 7.30. The van der Waals surface area contributed by atoms with Crippen molar-refractivity contribution in [3.8, 4) is 5.75 Å². The van der Waals surface area contributed by atoms with Crippen molar-refractivity contribution in [2.24, 2.45) is 0 Å². The van der Waals surface area contributed by atoms with Gasteiger partial charge in [-0.2, -0.15) is 0 Å². The molecule has 1 rings (SSSR count). The summed E-state index contributed by atoms with van der Waals surface area (Å²) >= 11 is 0. The van der Waals surface area contributed by atoms with Crippen molar-refractivity contribution in [2.75, 3.05) is 0 Å². The first-order valence-electron chi connectivity index (χ1n) is 10.7. The highest BCUT2D eigenvalue weighted by Crippen LogP contribution is 2.17. The quantitative estimate of drug-likeness (QED) is 0.177. The third-order valence-electron chi connectivity index (χ3n) is 4.72. The predicted molar refractivity (Wildman–Crippen MR) is 108 cm³/mol. The van der Waals surface area contributed by atoms with Crippen LogP contribution in [0, 0.1) is 0 Å². The zero-order chi connectivity index (χ0) is 18.9. The lowest BCUT2D eigenvalue weighted by Crippen LogP contribution is -2.02. The van der Waals surface area contributed by atoms with Gasteiger partial charge >= 0.3 is 5.97 Å². The molecule has 0 amide bonds. The van der Waals surface area contributed by atoms with Gasteiger partial charge in [0.15, 0.2) is 5.75 Å². The standard InChI is InChI=1S/C23H38O3/c1-3-4-5-6-7-8-9-10-11-12-13-14-15-17-22-18-16-19-23(20-22)26-25-21(2)24/h16,18-20H,3-15,17H2,1-2H3. The lowest BCUT2D eigenvalue weighted by Gasteiger charge is -2.06. The van der Waals surface area contributed by atoms with Gasteiger partial charge in [0.1, 0.15) is 0 Å². The minimum atomic E-state index is -0.438. The summed E-state index contributed by atoms with van der Waals surface area (Å²) in [7, 11) is 0. The van der Waals surface area contributed by atoms with Crippen molar-refractivity contribution < 1.29 is 14.6 Å². The number of carbonyl (C=O) groups is 1. The Morgan fingerprint density at radius 2 is 1.35 bits per heavy atom. The van der Waals surface area contributed by atoms with E-state index < -0.39 is 5.97 Å². The summed E-state index contributed by atoms with van der Waals surface area (Å²) < 4.78 is 0. The first-order valence-corrected chi connectivity index (χ1v) is 10.7. The molecule has 0 saturated carbocycles. The Hall–Kier alpha value is -1.51. The van der Waals surface area contributed by atoms with Gasteiger partial charge in [0, 0.05) is 6.92 Å². The minimum Gasteiger partial charge on any atom is -0.287 e. The van der Waals surface area contributed by atoms with Gasteiger partial charge < -0.3 is 0 Å². The smallest absolute Gasteiger partial charge is 0.287 e. The molecule has 0 aliphatic rings. The van der Waals surface area contributed by atoms with Gasteiger partial charge in [0.25, 0.3) is 0 Å². The molecule has 3 heteroatoms. The van der Waals surface area contributed by atoms with Crippen LogP contribution in [0.4, 0.5) is 0 Å². The molecule has 1 aromatic rings. The number of unbranched alkanes of at least 4 members (excludes halogenated alkanes) is 12. The van der Waals surface area contributed by atoms with Crippen LogP contribution in [0.1, 0.15) is 103 Å². The number of aryl methyl sites for hydroxylation is 1. The Morgan fingerprint density at radius 1 is 0.808 bits per heavy atom. The Morgan fingerprint density at radius 3 is 1.88 bits per heavy atom. The summed E-state index contributed by atoms with van der Waals surface area (Å²) in [6.07, 6.45) is 18.9. The normalized spacial score (nSPS) is 10.7. The molecular formula is C23H38O3. The fourth-order valence-electron chi connectivity index (χ4n) is 3.21. The third kappa shape index (κ3) is 12.8. The van der Waals surface area contributed by atoms with Crippen LogP contribution >= 0.6 is 0 Å². The number of rotatable bonds is 16. The third-order valence-corrected chi connectivity index (χ3v) is 4.72. The largest absolute Gasteiger partial charge is 0.352 e. The van der Waals surface area contributed by atoms with E-state index in [1.165, 1.54) is 96.0 Å². The molecule has 0 spiro atoms. The van der Waals surface area contributed by atoms with Crippen LogP contribution in [0.2, 0.25) is 0 Å². The van der Waals surface area contributed by atoms with E-state index in [0.717, 1.165) is 6.42 Å². The minimum absolute atomic E-state index is 0.438. The Kier molecular flexibility index (Phi) is 13.6. The van der Waals surface area contributed by atoms with Crippen molar-refractivity contribution in [3.05, 3.63) is 29.8 Å². The lowest BCUT2D eigenvalue weighted by atomic mass is 10.0. The molecule has 0 aliphatic heterocycles. The second-order valence-electron chi connectivity index (χ2n) is 7.30. The fourth-order valence-corrected chi connectivity index (χ4v) is 3.21. The van der Waals surface area contributed by atoms with Gasteiger partial charge in [-0.3, -0.25) is 9.78 Å². The van der Waals surface area contributed by atoms with Crippen LogP contribution in [0.5, 0.6) is 5.75 Å². The van der Waals surface area contributed by atoms with Gasteiger partial charge in [0.05, 0.1) is 0 Å². The molecule has 148 valence electrons. The second kappa shape index (κ2) is 15.7. The number of hydrogen-bond acceptors (Lipinski definition) is 3. The monoisotopic (exact) mass is 362 g/mol. The van der Waals surface area contributed by atoms with E-state index in [-0.39, 0.29) is 0 Å². The summed E-state index contributed by atoms with van der Waals surface area (Å²) in [6, 6.07) is 7.79. The Balaban J connectivity index is 1.94. The first-order chi connectivity index (χ1) is 12.7. The van der Waals surface area contributed by atoms with Crippen LogP contribution < -0.4 is 4.89 Å². The number of carbonyl (C=O) groups excluding carboxylic acids is 1. The summed E-state index contributed by atoms with van der Waals surface area (Å²) in [4.78, 5) is 20.3. The van der Waals surface area contributed by atoms with Gasteiger partial charge in [0.2, 0.25) is 0 Å². The molecule has 1 aromatic carbocycles. The summed E-state index contributed by atoms with van der Waals surface area (Å²) in [5.74, 6) is 0.152. The highest BCUT2D eigenvalue weighted by molar-refractivity contribution is 5.65. The maximum Gasteiger partial charge on any atom is 0.352 e. The number of benzene rings is 1. The summed E-state index contributed by atoms with van der Waals surface area (Å²) in [6.45, 7) is 3.61. The van der Waals surface area contributed by atoms with E-state index in [1.54, 1.807) is 6.07 Å². The molecule has 0 saturated heterocycles. The molecule has 3 nitrogen and oxygen atoms in total. The fraction of sp³-hybridized carbons (Fsp3) is 0.696. The average molecular weight is 363 g/mol. The van der Waals surface area contributed by atoms with E-state index >= 15 is 0 Å². The maximum absolute atomic E-state index is 10.8. The molecule has 26 heavy (non-hydrogen) atoms. The molecule has 0 bridgehead atoms. The van der Waals surface area contributed by atoms with Crippen molar-refractivity contribution in [2.45, 2.75) is 104 Å². The molecule has 0 heterocycles. The highest BCUT2D eigenvalue weighted by atomic mass is 17.2. The molecule has 0 radical (unpaired) electrons. The molecular weight excluding hydrogens is 324 g/mol. The highest BCUT2D eigenvalue weighted by Gasteiger charge is 2.01. The van der Waals surface area contributed by atoms with Crippen molar-refractivity contribution in [3.63, 3.8) is 0 Å². The maximum atomic E-state index is 10.8. The van der Waals surface area contributed by atoms with E-state index in [0.29, 0.717) is 5.75 Å². The lowest BCUT2D eigenvalue weighted by molar-refractivity contribution is -0.210. The van der Waals surface area contributed by atoms with E-state index in [9.17, 15) is 4.79 Å². The van der Waals surface area contributed by atoms with Crippen LogP contribution in [-0.2, 0) is 16.1 Å². The van der Waals surface area contributed by atoms with Gasteiger partial charge in [-0.25, -0.2) is 4.79 Å². The number of hydrogen-bond donors (Lipinski definition) is 0. The Bertz CT molecular complexity index is 470.